The number of likely N-dealkylation sites (tertiary alicyclic amines) is 2. The summed E-state index contributed by atoms with van der Waals surface area (Å²) in [6, 6.07) is 5.45. The molecule has 1 N–H and O–H groups in total. The first-order valence-electron chi connectivity index (χ1n) is 22.1. The molecular weight excluding hydrogens is 897 g/mol. The summed E-state index contributed by atoms with van der Waals surface area (Å²) in [6.45, 7) is 18.8. The molecule has 15 nitrogen and oxygen atoms in total. The van der Waals surface area contributed by atoms with Crippen LogP contribution in [-0.4, -0.2) is 105 Å². The van der Waals surface area contributed by atoms with E-state index in [1.807, 2.05) is 61.8 Å². The SMILES string of the molecule is Cc1cn2c(-c3nccs3)cnc2c(N(COCC[Si](C)(C)C)c2cc(CN3CCCCC3)ns2)n1.Cc1cn2c(-c3nccs3)cnc2c(Nc2cc(CN3CCCCC3)ns2)n1. The van der Waals surface area contributed by atoms with E-state index in [0.717, 1.165) is 116 Å². The molecule has 0 amide bonds. The van der Waals surface area contributed by atoms with Gasteiger partial charge in [-0.15, -0.1) is 22.7 Å². The molecule has 0 aliphatic carbocycles. The first-order chi connectivity index (χ1) is 31.1. The fourth-order valence-corrected chi connectivity index (χ4v) is 11.5. The molecule has 8 aromatic heterocycles. The second kappa shape index (κ2) is 20.3. The zero-order valence-electron chi connectivity index (χ0n) is 37.2. The Kier molecular flexibility index (Phi) is 14.2. The summed E-state index contributed by atoms with van der Waals surface area (Å²) in [4.78, 5) is 35.1. The number of anilines is 4. The predicted molar refractivity (Wildman–Crippen MR) is 265 cm³/mol. The summed E-state index contributed by atoms with van der Waals surface area (Å²) < 4.78 is 19.9. The van der Waals surface area contributed by atoms with Gasteiger partial charge in [0.25, 0.3) is 0 Å². The predicted octanol–water partition coefficient (Wildman–Crippen LogP) is 10.4. The van der Waals surface area contributed by atoms with E-state index in [4.69, 9.17) is 19.1 Å². The van der Waals surface area contributed by atoms with Crippen molar-refractivity contribution >= 4 is 86.7 Å². The van der Waals surface area contributed by atoms with E-state index < -0.39 is 8.07 Å². The first-order valence-corrected chi connectivity index (χ1v) is 29.1. The third-order valence-corrected chi connectivity index (χ3v) is 16.2. The maximum atomic E-state index is 6.25. The topological polar surface area (TPSA) is 143 Å². The van der Waals surface area contributed by atoms with E-state index in [1.54, 1.807) is 22.7 Å². The minimum Gasteiger partial charge on any atom is -0.361 e. The molecule has 2 aliphatic heterocycles. The van der Waals surface area contributed by atoms with Gasteiger partial charge in [-0.25, -0.2) is 29.9 Å². The van der Waals surface area contributed by atoms with E-state index in [2.05, 4.69) is 84.9 Å². The van der Waals surface area contributed by atoms with Crippen LogP contribution in [0.2, 0.25) is 25.7 Å². The van der Waals surface area contributed by atoms with Crippen molar-refractivity contribution < 1.29 is 4.74 Å². The molecular formula is C44H56N14OS4Si. The van der Waals surface area contributed by atoms with Gasteiger partial charge in [0.2, 0.25) is 0 Å². The third-order valence-electron chi connectivity index (χ3n) is 11.3. The fraction of sp³-hybridized carbons (Fsp3) is 0.455. The summed E-state index contributed by atoms with van der Waals surface area (Å²) in [7, 11) is -1.19. The summed E-state index contributed by atoms with van der Waals surface area (Å²) in [5, 5.41) is 11.3. The van der Waals surface area contributed by atoms with Crippen molar-refractivity contribution in [2.75, 3.05) is 49.7 Å². The number of thiazole rings is 2. The molecule has 10 rings (SSSR count). The zero-order chi connectivity index (χ0) is 44.0. The summed E-state index contributed by atoms with van der Waals surface area (Å²) in [5.74, 6) is 1.54. The maximum Gasteiger partial charge on any atom is 0.181 e. The molecule has 0 unspecified atom stereocenters. The van der Waals surface area contributed by atoms with Gasteiger partial charge in [0.1, 0.15) is 38.1 Å². The van der Waals surface area contributed by atoms with Crippen LogP contribution in [0.4, 0.5) is 21.6 Å². The normalized spacial score (nSPS) is 15.2. The lowest BCUT2D eigenvalue weighted by Crippen LogP contribution is -2.29. The molecule has 64 heavy (non-hydrogen) atoms. The van der Waals surface area contributed by atoms with E-state index in [9.17, 15) is 0 Å². The molecule has 2 aliphatic rings. The Labute approximate surface area is 391 Å². The van der Waals surface area contributed by atoms with Gasteiger partial charge in [-0.05, 0) is 107 Å². The van der Waals surface area contributed by atoms with Crippen molar-refractivity contribution in [2.45, 2.75) is 91.1 Å². The Bertz CT molecular complexity index is 2730. The Morgan fingerprint density at radius 1 is 0.703 bits per heavy atom. The van der Waals surface area contributed by atoms with Gasteiger partial charge in [-0.1, -0.05) is 32.5 Å². The number of imidazole rings is 2. The molecule has 8 aromatic rings. The largest absolute Gasteiger partial charge is 0.361 e. The number of hydrogen-bond acceptors (Lipinski definition) is 17. The Hall–Kier alpha value is -4.54. The lowest BCUT2D eigenvalue weighted by Gasteiger charge is -2.25. The third kappa shape index (κ3) is 10.9. The number of piperidine rings is 2. The lowest BCUT2D eigenvalue weighted by atomic mass is 10.1. The zero-order valence-corrected chi connectivity index (χ0v) is 41.5. The quantitative estimate of drug-likeness (QED) is 0.0592. The number of ether oxygens (including phenoxy) is 1. The number of fused-ring (bicyclic) bond motifs is 2. The van der Waals surface area contributed by atoms with Crippen LogP contribution in [0, 0.1) is 13.8 Å². The molecule has 336 valence electrons. The van der Waals surface area contributed by atoms with Crippen LogP contribution in [0.25, 0.3) is 32.7 Å². The molecule has 20 heteroatoms. The molecule has 0 bridgehead atoms. The van der Waals surface area contributed by atoms with Gasteiger partial charge in [-0.3, -0.25) is 23.5 Å². The van der Waals surface area contributed by atoms with Crippen LogP contribution in [0.1, 0.15) is 61.3 Å². The van der Waals surface area contributed by atoms with E-state index >= 15 is 0 Å². The minimum atomic E-state index is -1.19. The number of nitrogens with zero attached hydrogens (tertiary/aromatic N) is 13. The van der Waals surface area contributed by atoms with Crippen molar-refractivity contribution in [1.29, 1.82) is 0 Å². The van der Waals surface area contributed by atoms with Gasteiger partial charge in [0.05, 0.1) is 35.2 Å². The van der Waals surface area contributed by atoms with Gasteiger partial charge in [-0.2, -0.15) is 8.75 Å². The molecule has 0 spiro atoms. The first kappa shape index (κ1) is 44.6. The van der Waals surface area contributed by atoms with E-state index in [1.165, 1.54) is 74.7 Å². The van der Waals surface area contributed by atoms with Crippen molar-refractivity contribution in [2.24, 2.45) is 0 Å². The highest BCUT2D eigenvalue weighted by Crippen LogP contribution is 2.35. The summed E-state index contributed by atoms with van der Waals surface area (Å²) in [5.41, 5.74) is 7.61. The average Bonchev–Trinajstić information content (AvgIpc) is 4.14. The molecule has 0 saturated carbocycles. The maximum absolute atomic E-state index is 6.25. The van der Waals surface area contributed by atoms with Crippen LogP contribution < -0.4 is 10.2 Å². The summed E-state index contributed by atoms with van der Waals surface area (Å²) >= 11 is 6.21. The van der Waals surface area contributed by atoms with E-state index in [0.29, 0.717) is 6.73 Å². The van der Waals surface area contributed by atoms with Crippen molar-refractivity contribution in [3.05, 3.63) is 82.8 Å². The highest BCUT2D eigenvalue weighted by atomic mass is 32.1. The molecule has 2 saturated heterocycles. The number of hydrogen-bond donors (Lipinski definition) is 1. The van der Waals surface area contributed by atoms with Gasteiger partial charge in [0, 0.05) is 63.3 Å². The van der Waals surface area contributed by atoms with Crippen LogP contribution in [-0.2, 0) is 17.8 Å². The minimum absolute atomic E-state index is 0.418. The van der Waals surface area contributed by atoms with Crippen molar-refractivity contribution in [1.82, 2.24) is 57.3 Å². The smallest absolute Gasteiger partial charge is 0.181 e. The van der Waals surface area contributed by atoms with E-state index in [-0.39, 0.29) is 0 Å². The van der Waals surface area contributed by atoms with Gasteiger partial charge in [0.15, 0.2) is 22.9 Å². The second-order valence-corrected chi connectivity index (χ2v) is 26.7. The van der Waals surface area contributed by atoms with Gasteiger partial charge < -0.3 is 10.1 Å². The number of rotatable bonds is 15. The molecule has 0 atom stereocenters. The highest BCUT2D eigenvalue weighted by Gasteiger charge is 2.24. The van der Waals surface area contributed by atoms with Gasteiger partial charge >= 0.3 is 0 Å². The molecule has 2 fully saturated rings. The molecule has 10 heterocycles. The van der Waals surface area contributed by atoms with Crippen LogP contribution in [0.15, 0.2) is 60.1 Å². The Morgan fingerprint density at radius 3 is 1.89 bits per heavy atom. The molecule has 0 aromatic carbocycles. The number of aryl methyl sites for hydroxylation is 2. The van der Waals surface area contributed by atoms with Crippen LogP contribution in [0.5, 0.6) is 0 Å². The standard InChI is InChI=1S/C25H35N7OS2Si.C19H21N7S2/c1-19-16-31-21(25-26-8-12-34-25)15-27-23(31)24(28-19)32(18-33-11-13-36(2,3)4)22-14-20(29-35-22)17-30-9-6-5-7-10-30;1-13-11-26-15(19-20-5-8-27-19)10-21-18(26)17(22-13)23-16-9-14(24-28-16)12-25-6-3-2-4-7-25/h8,12,14-16H,5-7,9-11,13,17-18H2,1-4H3;5,8-11H,2-4,6-7,12H2,1H3,(H,22,23). The van der Waals surface area contributed by atoms with Crippen molar-refractivity contribution in [3.63, 3.8) is 0 Å². The Balaban J connectivity index is 0.000000167. The lowest BCUT2D eigenvalue weighted by molar-refractivity contribution is 0.153. The number of nitrogens with one attached hydrogen (secondary N) is 1. The number of aromatic nitrogens is 10. The molecule has 0 radical (unpaired) electrons. The van der Waals surface area contributed by atoms with Crippen molar-refractivity contribution in [3.8, 4) is 21.4 Å². The fourth-order valence-electron chi connectivity index (χ4n) is 8.00. The monoisotopic (exact) mass is 952 g/mol. The summed E-state index contributed by atoms with van der Waals surface area (Å²) in [6.07, 6.45) is 19.2. The second-order valence-electron chi connectivity index (χ2n) is 17.7. The van der Waals surface area contributed by atoms with Crippen LogP contribution >= 0.6 is 45.7 Å². The average molecular weight is 953 g/mol. The van der Waals surface area contributed by atoms with Crippen LogP contribution in [0.3, 0.4) is 0 Å². The Morgan fingerprint density at radius 2 is 1.28 bits per heavy atom. The highest BCUT2D eigenvalue weighted by molar-refractivity contribution is 7.13.